The molecule has 0 radical (unpaired) electrons. The molecule has 0 amide bonds. The molecule has 102 valence electrons. The van der Waals surface area contributed by atoms with Gasteiger partial charge in [0.15, 0.2) is 0 Å². The molecule has 0 aliphatic rings. The standard InChI is InChI=1S/C16H25FO/c1-4-6-8-13(5-2)12-16(3,18)14-9-7-10-15(17)11-14/h7,9-11,13,18H,4-6,8,12H2,1-3H3. The zero-order chi connectivity index (χ0) is 13.6. The van der Waals surface area contributed by atoms with E-state index in [9.17, 15) is 9.50 Å². The largest absolute Gasteiger partial charge is 0.385 e. The van der Waals surface area contributed by atoms with Gasteiger partial charge in [0.25, 0.3) is 0 Å². The fraction of sp³-hybridized carbons (Fsp3) is 0.625. The number of hydrogen-bond acceptors (Lipinski definition) is 1. The Bertz CT molecular complexity index is 360. The minimum Gasteiger partial charge on any atom is -0.385 e. The number of benzene rings is 1. The SMILES string of the molecule is CCCCC(CC)CC(C)(O)c1cccc(F)c1. The molecular weight excluding hydrogens is 227 g/mol. The molecule has 1 rings (SSSR count). The summed E-state index contributed by atoms with van der Waals surface area (Å²) in [7, 11) is 0. The lowest BCUT2D eigenvalue weighted by Crippen LogP contribution is -2.25. The Kier molecular flexibility index (Phi) is 5.80. The van der Waals surface area contributed by atoms with Crippen molar-refractivity contribution >= 4 is 0 Å². The molecule has 0 saturated heterocycles. The van der Waals surface area contributed by atoms with Gasteiger partial charge in [-0.25, -0.2) is 4.39 Å². The van der Waals surface area contributed by atoms with Gasteiger partial charge in [0.2, 0.25) is 0 Å². The first kappa shape index (κ1) is 15.2. The van der Waals surface area contributed by atoms with Crippen molar-refractivity contribution in [3.63, 3.8) is 0 Å². The molecule has 2 heteroatoms. The molecule has 1 nitrogen and oxygen atoms in total. The summed E-state index contributed by atoms with van der Waals surface area (Å²) < 4.78 is 13.2. The van der Waals surface area contributed by atoms with Gasteiger partial charge in [-0.3, -0.25) is 0 Å². The van der Waals surface area contributed by atoms with Crippen LogP contribution in [0.25, 0.3) is 0 Å². The summed E-state index contributed by atoms with van der Waals surface area (Å²) in [6.07, 6.45) is 5.27. The average Bonchev–Trinajstić information content (AvgIpc) is 2.34. The van der Waals surface area contributed by atoms with Crippen LogP contribution in [-0.2, 0) is 5.60 Å². The molecule has 2 atom stereocenters. The van der Waals surface area contributed by atoms with Gasteiger partial charge in [-0.05, 0) is 37.0 Å². The third-order valence-electron chi connectivity index (χ3n) is 3.68. The zero-order valence-electron chi connectivity index (χ0n) is 11.7. The lowest BCUT2D eigenvalue weighted by Gasteiger charge is -2.28. The lowest BCUT2D eigenvalue weighted by atomic mass is 9.83. The van der Waals surface area contributed by atoms with Crippen LogP contribution in [-0.4, -0.2) is 5.11 Å². The van der Waals surface area contributed by atoms with Crippen LogP contribution in [0.15, 0.2) is 24.3 Å². The van der Waals surface area contributed by atoms with Gasteiger partial charge in [-0.2, -0.15) is 0 Å². The highest BCUT2D eigenvalue weighted by Gasteiger charge is 2.26. The molecule has 0 spiro atoms. The monoisotopic (exact) mass is 252 g/mol. The number of aliphatic hydroxyl groups is 1. The molecular formula is C16H25FO. The minimum absolute atomic E-state index is 0.283. The van der Waals surface area contributed by atoms with E-state index in [1.165, 1.54) is 25.0 Å². The Morgan fingerprint density at radius 1 is 1.33 bits per heavy atom. The summed E-state index contributed by atoms with van der Waals surface area (Å²) in [6, 6.07) is 6.31. The van der Waals surface area contributed by atoms with E-state index in [2.05, 4.69) is 13.8 Å². The van der Waals surface area contributed by atoms with Gasteiger partial charge in [0.05, 0.1) is 5.60 Å². The maximum Gasteiger partial charge on any atom is 0.123 e. The number of unbranched alkanes of at least 4 members (excludes halogenated alkanes) is 1. The molecule has 1 aromatic rings. The molecule has 1 aromatic carbocycles. The second-order valence-electron chi connectivity index (χ2n) is 5.40. The van der Waals surface area contributed by atoms with Crippen molar-refractivity contribution in [2.24, 2.45) is 5.92 Å². The predicted molar refractivity (Wildman–Crippen MR) is 73.9 cm³/mol. The van der Waals surface area contributed by atoms with Crippen LogP contribution < -0.4 is 0 Å². The van der Waals surface area contributed by atoms with E-state index in [1.54, 1.807) is 19.1 Å². The summed E-state index contributed by atoms with van der Waals surface area (Å²) in [5.41, 5.74) is -0.256. The average molecular weight is 252 g/mol. The molecule has 0 bridgehead atoms. The van der Waals surface area contributed by atoms with Gasteiger partial charge in [0, 0.05) is 0 Å². The van der Waals surface area contributed by atoms with E-state index in [1.807, 2.05) is 0 Å². The van der Waals surface area contributed by atoms with Crippen LogP contribution in [0.3, 0.4) is 0 Å². The van der Waals surface area contributed by atoms with Crippen molar-refractivity contribution in [2.45, 2.75) is 58.5 Å². The van der Waals surface area contributed by atoms with Crippen LogP contribution in [0.1, 0.15) is 58.4 Å². The van der Waals surface area contributed by atoms with E-state index >= 15 is 0 Å². The number of hydrogen-bond donors (Lipinski definition) is 1. The molecule has 0 saturated carbocycles. The van der Waals surface area contributed by atoms with Crippen molar-refractivity contribution < 1.29 is 9.50 Å². The Morgan fingerprint density at radius 3 is 2.61 bits per heavy atom. The highest BCUT2D eigenvalue weighted by Crippen LogP contribution is 2.32. The first-order valence-electron chi connectivity index (χ1n) is 6.98. The van der Waals surface area contributed by atoms with Gasteiger partial charge in [-0.15, -0.1) is 0 Å². The van der Waals surface area contributed by atoms with E-state index in [4.69, 9.17) is 0 Å². The van der Waals surface area contributed by atoms with Crippen LogP contribution >= 0.6 is 0 Å². The highest BCUT2D eigenvalue weighted by atomic mass is 19.1. The van der Waals surface area contributed by atoms with Gasteiger partial charge in [-0.1, -0.05) is 51.7 Å². The quantitative estimate of drug-likeness (QED) is 0.749. The maximum absolute atomic E-state index is 13.2. The fourth-order valence-electron chi connectivity index (χ4n) is 2.45. The third kappa shape index (κ3) is 4.41. The zero-order valence-corrected chi connectivity index (χ0v) is 11.7. The fourth-order valence-corrected chi connectivity index (χ4v) is 2.45. The molecule has 1 N–H and O–H groups in total. The number of rotatable bonds is 7. The molecule has 18 heavy (non-hydrogen) atoms. The molecule has 0 heterocycles. The smallest absolute Gasteiger partial charge is 0.123 e. The molecule has 0 fully saturated rings. The van der Waals surface area contributed by atoms with Gasteiger partial charge < -0.3 is 5.11 Å². The summed E-state index contributed by atoms with van der Waals surface area (Å²) >= 11 is 0. The first-order valence-corrected chi connectivity index (χ1v) is 6.98. The summed E-state index contributed by atoms with van der Waals surface area (Å²) in [5, 5.41) is 10.5. The molecule has 0 aromatic heterocycles. The second kappa shape index (κ2) is 6.89. The maximum atomic E-state index is 13.2. The molecule has 0 aliphatic heterocycles. The van der Waals surface area contributed by atoms with Crippen LogP contribution in [0.5, 0.6) is 0 Å². The first-order chi connectivity index (χ1) is 8.49. The normalized spacial score (nSPS) is 16.3. The van der Waals surface area contributed by atoms with Gasteiger partial charge >= 0.3 is 0 Å². The second-order valence-corrected chi connectivity index (χ2v) is 5.40. The van der Waals surface area contributed by atoms with Crippen LogP contribution in [0, 0.1) is 11.7 Å². The van der Waals surface area contributed by atoms with Crippen LogP contribution in [0.2, 0.25) is 0 Å². The lowest BCUT2D eigenvalue weighted by molar-refractivity contribution is 0.0272. The van der Waals surface area contributed by atoms with Gasteiger partial charge in [0.1, 0.15) is 5.82 Å². The summed E-state index contributed by atoms with van der Waals surface area (Å²) in [4.78, 5) is 0. The van der Waals surface area contributed by atoms with E-state index < -0.39 is 5.60 Å². The van der Waals surface area contributed by atoms with E-state index in [-0.39, 0.29) is 5.82 Å². The summed E-state index contributed by atoms with van der Waals surface area (Å²) in [6.45, 7) is 6.12. The Balaban J connectivity index is 2.73. The Morgan fingerprint density at radius 2 is 2.06 bits per heavy atom. The Hall–Kier alpha value is -0.890. The highest BCUT2D eigenvalue weighted by molar-refractivity contribution is 5.22. The van der Waals surface area contributed by atoms with Crippen molar-refractivity contribution in [3.8, 4) is 0 Å². The Labute approximate surface area is 110 Å². The van der Waals surface area contributed by atoms with Crippen molar-refractivity contribution in [2.75, 3.05) is 0 Å². The summed E-state index contributed by atoms with van der Waals surface area (Å²) in [5.74, 6) is 0.220. The molecule has 0 aliphatic carbocycles. The third-order valence-corrected chi connectivity index (χ3v) is 3.68. The molecule has 2 unspecified atom stereocenters. The number of halogens is 1. The van der Waals surface area contributed by atoms with E-state index in [0.717, 1.165) is 12.8 Å². The minimum atomic E-state index is -0.934. The van der Waals surface area contributed by atoms with Crippen LogP contribution in [0.4, 0.5) is 4.39 Å². The van der Waals surface area contributed by atoms with Crippen molar-refractivity contribution in [1.82, 2.24) is 0 Å². The van der Waals surface area contributed by atoms with Crippen molar-refractivity contribution in [1.29, 1.82) is 0 Å². The van der Waals surface area contributed by atoms with Crippen molar-refractivity contribution in [3.05, 3.63) is 35.6 Å². The topological polar surface area (TPSA) is 20.2 Å². The van der Waals surface area contributed by atoms with E-state index in [0.29, 0.717) is 17.9 Å². The predicted octanol–water partition coefficient (Wildman–Crippen LogP) is 4.64.